The number of nitrogens with one attached hydrogen (secondary N) is 1. The summed E-state index contributed by atoms with van der Waals surface area (Å²) in [4.78, 5) is 15.6. The molecular weight excluding hydrogens is 272 g/mol. The maximum atomic E-state index is 13.1. The van der Waals surface area contributed by atoms with Crippen LogP contribution in [-0.2, 0) is 10.2 Å². The minimum Gasteiger partial charge on any atom is -0.325 e. The maximum absolute atomic E-state index is 13.1. The average Bonchev–Trinajstić information content (AvgIpc) is 3.22. The summed E-state index contributed by atoms with van der Waals surface area (Å²) in [6.45, 7) is 2.13. The van der Waals surface area contributed by atoms with Gasteiger partial charge in [-0.15, -0.1) is 0 Å². The summed E-state index contributed by atoms with van der Waals surface area (Å²) in [7, 11) is 0. The second-order valence-corrected chi connectivity index (χ2v) is 6.66. The molecule has 3 heterocycles. The van der Waals surface area contributed by atoms with Gasteiger partial charge in [0.2, 0.25) is 5.91 Å². The van der Waals surface area contributed by atoms with Crippen molar-refractivity contribution in [3.63, 3.8) is 0 Å². The van der Waals surface area contributed by atoms with Crippen molar-refractivity contribution in [3.8, 4) is 0 Å². The topological polar surface area (TPSA) is 32.3 Å². The molecule has 5 rings (SSSR count). The number of para-hydroxylation sites is 1. The van der Waals surface area contributed by atoms with Gasteiger partial charge in [-0.05, 0) is 36.1 Å². The van der Waals surface area contributed by atoms with Crippen LogP contribution in [0.1, 0.15) is 23.6 Å². The van der Waals surface area contributed by atoms with Gasteiger partial charge in [-0.25, -0.2) is 0 Å². The van der Waals surface area contributed by atoms with Gasteiger partial charge >= 0.3 is 0 Å². The summed E-state index contributed by atoms with van der Waals surface area (Å²) in [6.07, 6.45) is 1.12. The summed E-state index contributed by atoms with van der Waals surface area (Å²) in [5.74, 6) is 0.608. The quantitative estimate of drug-likeness (QED) is 0.876. The van der Waals surface area contributed by atoms with E-state index in [-0.39, 0.29) is 11.9 Å². The minimum atomic E-state index is -0.407. The van der Waals surface area contributed by atoms with Crippen LogP contribution in [0.25, 0.3) is 0 Å². The molecule has 2 saturated heterocycles. The van der Waals surface area contributed by atoms with Crippen molar-refractivity contribution in [3.05, 3.63) is 65.7 Å². The zero-order valence-corrected chi connectivity index (χ0v) is 12.3. The number of hydrogen-bond acceptors (Lipinski definition) is 2. The molecule has 0 aromatic heterocycles. The Morgan fingerprint density at radius 1 is 1.05 bits per heavy atom. The molecule has 1 N–H and O–H groups in total. The number of rotatable bonds is 1. The van der Waals surface area contributed by atoms with Crippen molar-refractivity contribution in [2.24, 2.45) is 5.92 Å². The lowest BCUT2D eigenvalue weighted by Gasteiger charge is -2.40. The van der Waals surface area contributed by atoms with Crippen LogP contribution >= 0.6 is 0 Å². The fraction of sp³-hybridized carbons (Fsp3) is 0.316. The first-order chi connectivity index (χ1) is 10.8. The van der Waals surface area contributed by atoms with Crippen LogP contribution in [0.2, 0.25) is 0 Å². The highest BCUT2D eigenvalue weighted by molar-refractivity contribution is 6.07. The Labute approximate surface area is 129 Å². The van der Waals surface area contributed by atoms with Crippen LogP contribution in [0.4, 0.5) is 5.69 Å². The van der Waals surface area contributed by atoms with E-state index in [4.69, 9.17) is 0 Å². The molecule has 1 amide bonds. The molecule has 4 unspecified atom stereocenters. The third-order valence-electron chi connectivity index (χ3n) is 5.77. The number of amides is 1. The van der Waals surface area contributed by atoms with Crippen molar-refractivity contribution in [1.82, 2.24) is 4.90 Å². The lowest BCUT2D eigenvalue weighted by molar-refractivity contribution is -0.124. The standard InChI is InChI=1S/C19H18N2O/c22-18-19(15-8-4-5-9-16(15)20-18)14-10-11-21(12-14)17(19)13-6-2-1-3-7-13/h1-9,14,17H,10-12H2,(H,20,22). The predicted octanol–water partition coefficient (Wildman–Crippen LogP) is 2.95. The normalized spacial score (nSPS) is 34.9. The SMILES string of the molecule is O=C1Nc2ccccc2C12C1CCN(C1)C2c1ccccc1. The molecule has 3 aliphatic heterocycles. The van der Waals surface area contributed by atoms with Gasteiger partial charge in [-0.2, -0.15) is 0 Å². The van der Waals surface area contributed by atoms with Crippen LogP contribution in [0.15, 0.2) is 54.6 Å². The number of piperidine rings is 1. The third-order valence-corrected chi connectivity index (χ3v) is 5.77. The molecule has 2 aromatic carbocycles. The molecular formula is C19H18N2O. The van der Waals surface area contributed by atoms with Gasteiger partial charge in [0.15, 0.2) is 0 Å². The Balaban J connectivity index is 1.77. The van der Waals surface area contributed by atoms with E-state index in [1.54, 1.807) is 0 Å². The second kappa shape index (κ2) is 4.20. The van der Waals surface area contributed by atoms with Gasteiger partial charge in [0.05, 0.1) is 6.04 Å². The molecule has 2 aromatic rings. The van der Waals surface area contributed by atoms with E-state index in [0.29, 0.717) is 5.92 Å². The van der Waals surface area contributed by atoms with Gasteiger partial charge in [0.1, 0.15) is 5.41 Å². The van der Waals surface area contributed by atoms with Crippen molar-refractivity contribution >= 4 is 11.6 Å². The number of anilines is 1. The largest absolute Gasteiger partial charge is 0.325 e. The summed E-state index contributed by atoms with van der Waals surface area (Å²) in [6, 6.07) is 18.9. The fourth-order valence-corrected chi connectivity index (χ4v) is 4.99. The number of hydrogen-bond donors (Lipinski definition) is 1. The summed E-state index contributed by atoms with van der Waals surface area (Å²) in [5, 5.41) is 3.15. The Bertz CT molecular complexity index is 757. The monoisotopic (exact) mass is 290 g/mol. The van der Waals surface area contributed by atoms with Crippen molar-refractivity contribution < 1.29 is 4.79 Å². The van der Waals surface area contributed by atoms with Gasteiger partial charge in [-0.3, -0.25) is 9.69 Å². The van der Waals surface area contributed by atoms with Crippen LogP contribution in [0.3, 0.4) is 0 Å². The van der Waals surface area contributed by atoms with E-state index < -0.39 is 5.41 Å². The van der Waals surface area contributed by atoms with E-state index in [2.05, 4.69) is 46.6 Å². The van der Waals surface area contributed by atoms with Crippen LogP contribution in [-0.4, -0.2) is 23.9 Å². The van der Waals surface area contributed by atoms with E-state index in [9.17, 15) is 4.79 Å². The fourth-order valence-electron chi connectivity index (χ4n) is 4.99. The molecule has 4 atom stereocenters. The second-order valence-electron chi connectivity index (χ2n) is 6.66. The van der Waals surface area contributed by atoms with Gasteiger partial charge in [-0.1, -0.05) is 48.5 Å². The molecule has 0 saturated carbocycles. The predicted molar refractivity (Wildman–Crippen MR) is 85.6 cm³/mol. The first-order valence-corrected chi connectivity index (χ1v) is 8.02. The van der Waals surface area contributed by atoms with Crippen molar-refractivity contribution in [1.29, 1.82) is 0 Å². The first kappa shape index (κ1) is 12.4. The third kappa shape index (κ3) is 1.33. The first-order valence-electron chi connectivity index (χ1n) is 8.02. The molecule has 110 valence electrons. The average molecular weight is 290 g/mol. The Hall–Kier alpha value is -2.13. The molecule has 3 nitrogen and oxygen atoms in total. The highest BCUT2D eigenvalue weighted by Gasteiger charge is 2.65. The maximum Gasteiger partial charge on any atom is 0.237 e. The zero-order valence-electron chi connectivity index (χ0n) is 12.3. The lowest BCUT2D eigenvalue weighted by atomic mass is 9.65. The minimum absolute atomic E-state index is 0.163. The van der Waals surface area contributed by atoms with Gasteiger partial charge < -0.3 is 5.32 Å². The van der Waals surface area contributed by atoms with E-state index >= 15 is 0 Å². The zero-order chi connectivity index (χ0) is 14.7. The van der Waals surface area contributed by atoms with E-state index in [1.807, 2.05) is 18.2 Å². The van der Waals surface area contributed by atoms with E-state index in [1.165, 1.54) is 11.1 Å². The van der Waals surface area contributed by atoms with E-state index in [0.717, 1.165) is 25.2 Å². The highest BCUT2D eigenvalue weighted by Crippen LogP contribution is 2.60. The Kier molecular flexibility index (Phi) is 2.37. The summed E-state index contributed by atoms with van der Waals surface area (Å²) < 4.78 is 0. The Morgan fingerprint density at radius 3 is 2.68 bits per heavy atom. The molecule has 0 aliphatic carbocycles. The highest BCUT2D eigenvalue weighted by atomic mass is 16.2. The molecule has 0 radical (unpaired) electrons. The van der Waals surface area contributed by atoms with Crippen LogP contribution in [0.5, 0.6) is 0 Å². The number of carbonyl (C=O) groups is 1. The van der Waals surface area contributed by atoms with Crippen LogP contribution in [0, 0.1) is 5.92 Å². The smallest absolute Gasteiger partial charge is 0.237 e. The Morgan fingerprint density at radius 2 is 1.82 bits per heavy atom. The number of fused-ring (bicyclic) bond motifs is 5. The summed E-state index contributed by atoms with van der Waals surface area (Å²) >= 11 is 0. The molecule has 2 fully saturated rings. The number of nitrogens with zero attached hydrogens (tertiary/aromatic N) is 1. The van der Waals surface area contributed by atoms with Gasteiger partial charge in [0, 0.05) is 12.2 Å². The molecule has 2 bridgehead atoms. The van der Waals surface area contributed by atoms with Gasteiger partial charge in [0.25, 0.3) is 0 Å². The molecule has 1 spiro atoms. The van der Waals surface area contributed by atoms with Crippen molar-refractivity contribution in [2.75, 3.05) is 18.4 Å². The molecule has 3 heteroatoms. The molecule has 22 heavy (non-hydrogen) atoms. The lowest BCUT2D eigenvalue weighted by Crippen LogP contribution is -2.47. The molecule has 3 aliphatic rings. The number of benzene rings is 2. The summed E-state index contributed by atoms with van der Waals surface area (Å²) in [5.41, 5.74) is 3.05. The van der Waals surface area contributed by atoms with Crippen LogP contribution < -0.4 is 5.32 Å². The van der Waals surface area contributed by atoms with Crippen molar-refractivity contribution in [2.45, 2.75) is 17.9 Å². The number of carbonyl (C=O) groups excluding carboxylic acids is 1.